The van der Waals surface area contributed by atoms with Crippen LogP contribution in [0.1, 0.15) is 53.6 Å². The summed E-state index contributed by atoms with van der Waals surface area (Å²) in [6.07, 6.45) is 0.969. The van der Waals surface area contributed by atoms with Crippen molar-refractivity contribution < 1.29 is 9.53 Å². The van der Waals surface area contributed by atoms with Gasteiger partial charge in [0, 0.05) is 36.2 Å². The van der Waals surface area contributed by atoms with Crippen molar-refractivity contribution in [1.82, 2.24) is 19.3 Å². The van der Waals surface area contributed by atoms with E-state index in [0.717, 1.165) is 46.5 Å². The molecule has 0 aliphatic carbocycles. The molecule has 0 fully saturated rings. The van der Waals surface area contributed by atoms with E-state index in [2.05, 4.69) is 58.3 Å². The lowest BCUT2D eigenvalue weighted by atomic mass is 10.1. The lowest BCUT2D eigenvalue weighted by Gasteiger charge is -2.17. The summed E-state index contributed by atoms with van der Waals surface area (Å²) in [5, 5.41) is 9.63. The van der Waals surface area contributed by atoms with Crippen molar-refractivity contribution in [3.05, 3.63) is 52.8 Å². The monoisotopic (exact) mass is 440 g/mol. The minimum absolute atomic E-state index is 0.108. The SMILES string of the molecule is CCCn1c(SCC(=O)c2cc(C)n(C(C)COC)c2C)nnc1-c1cccc(C)c1. The van der Waals surface area contributed by atoms with Gasteiger partial charge in [-0.05, 0) is 46.2 Å². The van der Waals surface area contributed by atoms with Crippen LogP contribution in [0.4, 0.5) is 0 Å². The molecule has 0 N–H and O–H groups in total. The molecule has 6 nitrogen and oxygen atoms in total. The Bertz CT molecular complexity index is 1050. The summed E-state index contributed by atoms with van der Waals surface area (Å²) in [7, 11) is 1.70. The summed E-state index contributed by atoms with van der Waals surface area (Å²) < 4.78 is 9.60. The summed E-state index contributed by atoms with van der Waals surface area (Å²) >= 11 is 1.46. The molecule has 3 rings (SSSR count). The molecule has 1 atom stereocenters. The number of ether oxygens (including phenoxy) is 1. The van der Waals surface area contributed by atoms with E-state index >= 15 is 0 Å². The number of benzene rings is 1. The van der Waals surface area contributed by atoms with Gasteiger partial charge in [0.1, 0.15) is 0 Å². The highest BCUT2D eigenvalue weighted by Crippen LogP contribution is 2.27. The molecule has 7 heteroatoms. The maximum Gasteiger partial charge on any atom is 0.191 e. The first-order chi connectivity index (χ1) is 14.9. The molecular weight excluding hydrogens is 408 g/mol. The predicted octanol–water partition coefficient (Wildman–Crippen LogP) is 5.26. The summed E-state index contributed by atoms with van der Waals surface area (Å²) in [5.41, 5.74) is 5.07. The third-order valence-corrected chi connectivity index (χ3v) is 6.37. The Morgan fingerprint density at radius 1 is 1.19 bits per heavy atom. The van der Waals surface area contributed by atoms with Gasteiger partial charge in [0.15, 0.2) is 16.8 Å². The van der Waals surface area contributed by atoms with Gasteiger partial charge in [0.05, 0.1) is 18.4 Å². The number of carbonyl (C=O) groups excluding carboxylic acids is 1. The molecule has 0 saturated carbocycles. The third-order valence-electron chi connectivity index (χ3n) is 5.41. The number of aromatic nitrogens is 4. The van der Waals surface area contributed by atoms with Crippen LogP contribution in [0.5, 0.6) is 0 Å². The van der Waals surface area contributed by atoms with Crippen LogP contribution < -0.4 is 0 Å². The number of nitrogens with zero attached hydrogens (tertiary/aromatic N) is 4. The molecule has 2 aromatic heterocycles. The number of Topliss-reactive ketones (excluding diaryl/α,β-unsaturated/α-hetero) is 1. The fourth-order valence-corrected chi connectivity index (χ4v) is 4.93. The Balaban J connectivity index is 1.80. The second-order valence-electron chi connectivity index (χ2n) is 8.00. The first kappa shape index (κ1) is 23.3. The Kier molecular flexibility index (Phi) is 7.73. The first-order valence-electron chi connectivity index (χ1n) is 10.7. The zero-order valence-electron chi connectivity index (χ0n) is 19.3. The van der Waals surface area contributed by atoms with E-state index in [-0.39, 0.29) is 11.8 Å². The third kappa shape index (κ3) is 5.10. The van der Waals surface area contributed by atoms with E-state index in [4.69, 9.17) is 4.74 Å². The number of hydrogen-bond acceptors (Lipinski definition) is 5. The minimum atomic E-state index is 0.108. The van der Waals surface area contributed by atoms with Crippen LogP contribution >= 0.6 is 11.8 Å². The van der Waals surface area contributed by atoms with Crippen molar-refractivity contribution in [3.8, 4) is 11.4 Å². The number of thioether (sulfide) groups is 1. The molecule has 2 heterocycles. The molecule has 166 valence electrons. The van der Waals surface area contributed by atoms with Crippen molar-refractivity contribution >= 4 is 17.5 Å². The summed E-state index contributed by atoms with van der Waals surface area (Å²) in [4.78, 5) is 13.1. The lowest BCUT2D eigenvalue weighted by Crippen LogP contribution is -2.15. The average Bonchev–Trinajstić information content (AvgIpc) is 3.27. The van der Waals surface area contributed by atoms with Gasteiger partial charge in [-0.3, -0.25) is 4.79 Å². The zero-order valence-corrected chi connectivity index (χ0v) is 20.1. The maximum atomic E-state index is 13.1. The number of methoxy groups -OCH3 is 1. The molecule has 0 radical (unpaired) electrons. The largest absolute Gasteiger partial charge is 0.383 e. The highest BCUT2D eigenvalue weighted by molar-refractivity contribution is 7.99. The molecular formula is C24H32N4O2S. The quantitative estimate of drug-likeness (QED) is 0.318. The van der Waals surface area contributed by atoms with Gasteiger partial charge in [0.2, 0.25) is 0 Å². The van der Waals surface area contributed by atoms with Gasteiger partial charge in [-0.2, -0.15) is 0 Å². The normalized spacial score (nSPS) is 12.3. The fraction of sp³-hybridized carbons (Fsp3) is 0.458. The molecule has 1 unspecified atom stereocenters. The minimum Gasteiger partial charge on any atom is -0.383 e. The smallest absolute Gasteiger partial charge is 0.191 e. The van der Waals surface area contributed by atoms with Gasteiger partial charge in [0.25, 0.3) is 0 Å². The Hall–Kier alpha value is -2.38. The van der Waals surface area contributed by atoms with Crippen molar-refractivity contribution in [1.29, 1.82) is 0 Å². The molecule has 0 bridgehead atoms. The molecule has 0 spiro atoms. The van der Waals surface area contributed by atoms with E-state index in [0.29, 0.717) is 12.4 Å². The summed E-state index contributed by atoms with van der Waals surface area (Å²) in [6.45, 7) is 11.8. The van der Waals surface area contributed by atoms with Crippen LogP contribution in [0.2, 0.25) is 0 Å². The number of ketones is 1. The lowest BCUT2D eigenvalue weighted by molar-refractivity contribution is 0.102. The van der Waals surface area contributed by atoms with Crippen LogP contribution in [0, 0.1) is 20.8 Å². The second kappa shape index (κ2) is 10.3. The molecule has 31 heavy (non-hydrogen) atoms. The second-order valence-corrected chi connectivity index (χ2v) is 8.94. The number of carbonyl (C=O) groups is 1. The maximum absolute atomic E-state index is 13.1. The molecule has 0 aliphatic heterocycles. The van der Waals surface area contributed by atoms with Gasteiger partial charge in [-0.1, -0.05) is 42.4 Å². The van der Waals surface area contributed by atoms with Gasteiger partial charge in [-0.15, -0.1) is 10.2 Å². The fourth-order valence-electron chi connectivity index (χ4n) is 4.08. The van der Waals surface area contributed by atoms with Crippen LogP contribution in [-0.2, 0) is 11.3 Å². The summed E-state index contributed by atoms with van der Waals surface area (Å²) in [5.74, 6) is 1.29. The molecule has 0 saturated heterocycles. The average molecular weight is 441 g/mol. The van der Waals surface area contributed by atoms with Gasteiger partial charge < -0.3 is 13.9 Å². The van der Waals surface area contributed by atoms with Crippen molar-refractivity contribution in [2.24, 2.45) is 0 Å². The van der Waals surface area contributed by atoms with E-state index in [1.165, 1.54) is 17.3 Å². The van der Waals surface area contributed by atoms with Crippen molar-refractivity contribution in [3.63, 3.8) is 0 Å². The van der Waals surface area contributed by atoms with Crippen LogP contribution in [0.3, 0.4) is 0 Å². The molecule has 0 amide bonds. The molecule has 1 aromatic carbocycles. The highest BCUT2D eigenvalue weighted by Gasteiger charge is 2.21. The standard InChI is InChI=1S/C24H32N4O2S/c1-7-11-27-23(20-10-8-9-16(2)12-20)25-26-24(27)31-15-22(29)21-13-17(3)28(19(21)5)18(4)14-30-6/h8-10,12-13,18H,7,11,14-15H2,1-6H3. The van der Waals surface area contributed by atoms with E-state index in [1.807, 2.05) is 26.0 Å². The van der Waals surface area contributed by atoms with Crippen LogP contribution in [-0.4, -0.2) is 44.6 Å². The Labute approximate surface area is 189 Å². The van der Waals surface area contributed by atoms with Crippen LogP contribution in [0.15, 0.2) is 35.5 Å². The summed E-state index contributed by atoms with van der Waals surface area (Å²) in [6, 6.07) is 10.4. The van der Waals surface area contributed by atoms with Gasteiger partial charge >= 0.3 is 0 Å². The Morgan fingerprint density at radius 2 is 1.97 bits per heavy atom. The topological polar surface area (TPSA) is 61.9 Å². The number of rotatable bonds is 10. The van der Waals surface area contributed by atoms with Crippen molar-refractivity contribution in [2.75, 3.05) is 19.5 Å². The number of hydrogen-bond donors (Lipinski definition) is 0. The van der Waals surface area contributed by atoms with Crippen molar-refractivity contribution in [2.45, 2.75) is 58.8 Å². The van der Waals surface area contributed by atoms with E-state index < -0.39 is 0 Å². The van der Waals surface area contributed by atoms with E-state index in [9.17, 15) is 4.79 Å². The van der Waals surface area contributed by atoms with Gasteiger partial charge in [-0.25, -0.2) is 0 Å². The Morgan fingerprint density at radius 3 is 2.65 bits per heavy atom. The predicted molar refractivity (Wildman–Crippen MR) is 126 cm³/mol. The first-order valence-corrected chi connectivity index (χ1v) is 11.7. The molecule has 3 aromatic rings. The zero-order chi connectivity index (χ0) is 22.5. The molecule has 0 aliphatic rings. The van der Waals surface area contributed by atoms with Crippen LogP contribution in [0.25, 0.3) is 11.4 Å². The number of aryl methyl sites for hydroxylation is 2. The van der Waals surface area contributed by atoms with E-state index in [1.54, 1.807) is 7.11 Å². The highest BCUT2D eigenvalue weighted by atomic mass is 32.2.